The number of pyridine rings is 1. The van der Waals surface area contributed by atoms with Gasteiger partial charge in [-0.3, -0.25) is 9.78 Å². The second kappa shape index (κ2) is 9.41. The highest BCUT2D eigenvalue weighted by Gasteiger charge is 2.19. The molecular weight excluding hydrogens is 453 g/mol. The SMILES string of the molecule is O=C(Cn1nnc2ccccc21)N(Cc1cc(F)cc(Cl)c1)c1ccc(-c2cccnc2)cc1. The Morgan fingerprint density at radius 3 is 2.56 bits per heavy atom. The van der Waals surface area contributed by atoms with E-state index in [4.69, 9.17) is 11.6 Å². The zero-order valence-corrected chi connectivity index (χ0v) is 18.7. The summed E-state index contributed by atoms with van der Waals surface area (Å²) in [6.45, 7) is 0.128. The molecule has 34 heavy (non-hydrogen) atoms. The normalized spacial score (nSPS) is 11.0. The highest BCUT2D eigenvalue weighted by Crippen LogP contribution is 2.25. The quantitative estimate of drug-likeness (QED) is 0.327. The Morgan fingerprint density at radius 1 is 0.971 bits per heavy atom. The third-order valence-electron chi connectivity index (χ3n) is 5.44. The topological polar surface area (TPSA) is 63.9 Å². The highest BCUT2D eigenvalue weighted by molar-refractivity contribution is 6.30. The summed E-state index contributed by atoms with van der Waals surface area (Å²) in [5, 5.41) is 8.53. The number of amides is 1. The number of nitrogens with zero attached hydrogens (tertiary/aromatic N) is 5. The third-order valence-corrected chi connectivity index (χ3v) is 5.66. The van der Waals surface area contributed by atoms with Gasteiger partial charge in [0, 0.05) is 23.1 Å². The molecule has 0 radical (unpaired) electrons. The highest BCUT2D eigenvalue weighted by atomic mass is 35.5. The summed E-state index contributed by atoms with van der Waals surface area (Å²) in [5.74, 6) is -0.672. The van der Waals surface area contributed by atoms with Crippen LogP contribution >= 0.6 is 11.6 Å². The van der Waals surface area contributed by atoms with Gasteiger partial charge in [-0.15, -0.1) is 5.10 Å². The molecule has 0 aliphatic heterocycles. The first-order valence-electron chi connectivity index (χ1n) is 10.6. The van der Waals surface area contributed by atoms with E-state index in [1.165, 1.54) is 12.1 Å². The van der Waals surface area contributed by atoms with Crippen molar-refractivity contribution in [3.05, 3.63) is 108 Å². The van der Waals surface area contributed by atoms with Gasteiger partial charge in [0.15, 0.2) is 0 Å². The van der Waals surface area contributed by atoms with E-state index < -0.39 is 5.82 Å². The molecule has 5 rings (SSSR count). The van der Waals surface area contributed by atoms with Crippen molar-refractivity contribution < 1.29 is 9.18 Å². The number of carbonyl (C=O) groups excluding carboxylic acids is 1. The molecule has 0 saturated heterocycles. The maximum Gasteiger partial charge on any atom is 0.249 e. The molecule has 3 aromatic carbocycles. The van der Waals surface area contributed by atoms with Gasteiger partial charge in [-0.25, -0.2) is 9.07 Å². The Hall–Kier alpha value is -4.10. The van der Waals surface area contributed by atoms with Crippen LogP contribution in [0.15, 0.2) is 91.3 Å². The molecule has 0 aliphatic carbocycles. The molecule has 0 bridgehead atoms. The van der Waals surface area contributed by atoms with Crippen LogP contribution in [0.3, 0.4) is 0 Å². The fourth-order valence-corrected chi connectivity index (χ4v) is 4.07. The Kier molecular flexibility index (Phi) is 6.01. The van der Waals surface area contributed by atoms with Crippen LogP contribution in [0.4, 0.5) is 10.1 Å². The molecule has 0 aliphatic rings. The molecule has 1 amide bonds. The fourth-order valence-electron chi connectivity index (χ4n) is 3.82. The van der Waals surface area contributed by atoms with Crippen LogP contribution in [-0.4, -0.2) is 25.9 Å². The zero-order valence-electron chi connectivity index (χ0n) is 18.0. The first kappa shape index (κ1) is 21.7. The second-order valence-corrected chi connectivity index (χ2v) is 8.22. The number of halogens is 2. The van der Waals surface area contributed by atoms with E-state index in [1.807, 2.05) is 60.7 Å². The Labute approximate surface area is 200 Å². The van der Waals surface area contributed by atoms with E-state index in [0.717, 1.165) is 16.6 Å². The predicted octanol–water partition coefficient (Wildman–Crippen LogP) is 5.52. The fraction of sp³-hybridized carbons (Fsp3) is 0.0769. The molecular formula is C26H19ClFN5O. The van der Waals surface area contributed by atoms with Gasteiger partial charge in [-0.05, 0) is 65.2 Å². The summed E-state index contributed by atoms with van der Waals surface area (Å²) < 4.78 is 15.5. The van der Waals surface area contributed by atoms with Gasteiger partial charge in [-0.1, -0.05) is 47.1 Å². The van der Waals surface area contributed by atoms with Gasteiger partial charge in [0.05, 0.1) is 12.1 Å². The summed E-state index contributed by atoms with van der Waals surface area (Å²) in [6, 6.07) is 23.1. The van der Waals surface area contributed by atoms with Crippen molar-refractivity contribution >= 4 is 34.2 Å². The van der Waals surface area contributed by atoms with Crippen LogP contribution in [0.25, 0.3) is 22.2 Å². The van der Waals surface area contributed by atoms with Crippen molar-refractivity contribution in [3.8, 4) is 11.1 Å². The van der Waals surface area contributed by atoms with Crippen molar-refractivity contribution in [2.75, 3.05) is 4.90 Å². The standard InChI is InChI=1S/C26H19ClFN5O/c27-21-12-18(13-22(28)14-21)16-32(23-9-7-19(8-10-23)20-4-3-11-29-15-20)26(34)17-33-25-6-2-1-5-24(25)30-31-33/h1-15H,16-17H2. The van der Waals surface area contributed by atoms with Gasteiger partial charge < -0.3 is 4.90 Å². The molecule has 0 fully saturated rings. The predicted molar refractivity (Wildman–Crippen MR) is 130 cm³/mol. The number of anilines is 1. The van der Waals surface area contributed by atoms with Crippen LogP contribution in [0.5, 0.6) is 0 Å². The largest absolute Gasteiger partial charge is 0.306 e. The van der Waals surface area contributed by atoms with Crippen molar-refractivity contribution in [2.45, 2.75) is 13.1 Å². The van der Waals surface area contributed by atoms with E-state index in [9.17, 15) is 9.18 Å². The molecule has 5 aromatic rings. The number of hydrogen-bond donors (Lipinski definition) is 0. The molecule has 0 spiro atoms. The summed E-state index contributed by atoms with van der Waals surface area (Å²) in [7, 11) is 0. The molecule has 6 nitrogen and oxygen atoms in total. The van der Waals surface area contributed by atoms with E-state index in [-0.39, 0.29) is 24.0 Å². The molecule has 168 valence electrons. The summed E-state index contributed by atoms with van der Waals surface area (Å²) in [6.07, 6.45) is 3.50. The summed E-state index contributed by atoms with van der Waals surface area (Å²) in [5.41, 5.74) is 4.66. The molecule has 0 unspecified atom stereocenters. The van der Waals surface area contributed by atoms with E-state index >= 15 is 0 Å². The summed E-state index contributed by atoms with van der Waals surface area (Å²) in [4.78, 5) is 19.2. The van der Waals surface area contributed by atoms with Crippen LogP contribution in [-0.2, 0) is 17.9 Å². The number of para-hydroxylation sites is 1. The van der Waals surface area contributed by atoms with Crippen molar-refractivity contribution in [2.24, 2.45) is 0 Å². The molecule has 0 atom stereocenters. The number of rotatable bonds is 6. The number of carbonyl (C=O) groups is 1. The van der Waals surface area contributed by atoms with Crippen LogP contribution in [0.2, 0.25) is 5.02 Å². The zero-order chi connectivity index (χ0) is 23.5. The molecule has 2 aromatic heterocycles. The average molecular weight is 472 g/mol. The smallest absolute Gasteiger partial charge is 0.249 e. The van der Waals surface area contributed by atoms with Crippen molar-refractivity contribution in [1.29, 1.82) is 0 Å². The van der Waals surface area contributed by atoms with E-state index in [1.54, 1.807) is 28.0 Å². The van der Waals surface area contributed by atoms with Crippen molar-refractivity contribution in [3.63, 3.8) is 0 Å². The van der Waals surface area contributed by atoms with Crippen LogP contribution in [0.1, 0.15) is 5.56 Å². The maximum absolute atomic E-state index is 14.0. The first-order chi connectivity index (χ1) is 16.6. The molecule has 2 heterocycles. The minimum Gasteiger partial charge on any atom is -0.306 e. The first-order valence-corrected chi connectivity index (χ1v) is 11.0. The number of benzene rings is 3. The Morgan fingerprint density at radius 2 is 1.79 bits per heavy atom. The average Bonchev–Trinajstić information content (AvgIpc) is 3.25. The molecule has 0 saturated carbocycles. The minimum atomic E-state index is -0.455. The maximum atomic E-state index is 14.0. The van der Waals surface area contributed by atoms with E-state index in [2.05, 4.69) is 15.3 Å². The third kappa shape index (κ3) is 4.65. The molecule has 0 N–H and O–H groups in total. The van der Waals surface area contributed by atoms with Gasteiger partial charge in [0.2, 0.25) is 5.91 Å². The lowest BCUT2D eigenvalue weighted by Crippen LogP contribution is -2.33. The second-order valence-electron chi connectivity index (χ2n) is 7.78. The lowest BCUT2D eigenvalue weighted by atomic mass is 10.1. The number of hydrogen-bond acceptors (Lipinski definition) is 4. The Bertz CT molecular complexity index is 1430. The van der Waals surface area contributed by atoms with Crippen molar-refractivity contribution in [1.82, 2.24) is 20.0 Å². The monoisotopic (exact) mass is 471 g/mol. The lowest BCUT2D eigenvalue weighted by Gasteiger charge is -2.24. The number of fused-ring (bicyclic) bond motifs is 1. The van der Waals surface area contributed by atoms with Crippen LogP contribution in [0, 0.1) is 5.82 Å². The summed E-state index contributed by atoms with van der Waals surface area (Å²) >= 11 is 6.06. The molecule has 8 heteroatoms. The number of aromatic nitrogens is 4. The minimum absolute atomic E-state index is 0.0199. The Balaban J connectivity index is 1.48. The van der Waals surface area contributed by atoms with Gasteiger partial charge >= 0.3 is 0 Å². The van der Waals surface area contributed by atoms with E-state index in [0.29, 0.717) is 16.8 Å². The van der Waals surface area contributed by atoms with Gasteiger partial charge in [0.25, 0.3) is 0 Å². The van der Waals surface area contributed by atoms with Gasteiger partial charge in [0.1, 0.15) is 17.9 Å². The van der Waals surface area contributed by atoms with Gasteiger partial charge in [-0.2, -0.15) is 0 Å². The van der Waals surface area contributed by atoms with Crippen LogP contribution < -0.4 is 4.90 Å². The lowest BCUT2D eigenvalue weighted by molar-refractivity contribution is -0.119.